The SMILES string of the molecule is CCc1ccn2nc(-c3cccc(OC)n3)nc(Oc3ccccc3)c12. The molecule has 0 saturated heterocycles. The maximum atomic E-state index is 6.08. The van der Waals surface area contributed by atoms with E-state index in [1.54, 1.807) is 17.7 Å². The highest BCUT2D eigenvalue weighted by atomic mass is 16.5. The first-order valence-corrected chi connectivity index (χ1v) is 8.41. The van der Waals surface area contributed by atoms with E-state index in [1.165, 1.54) is 0 Å². The van der Waals surface area contributed by atoms with Gasteiger partial charge in [0.25, 0.3) is 0 Å². The zero-order chi connectivity index (χ0) is 17.9. The van der Waals surface area contributed by atoms with Crippen LogP contribution in [0.1, 0.15) is 12.5 Å². The van der Waals surface area contributed by atoms with Crippen molar-refractivity contribution in [3.05, 3.63) is 66.4 Å². The zero-order valence-electron chi connectivity index (χ0n) is 14.6. The van der Waals surface area contributed by atoms with Crippen molar-refractivity contribution in [1.29, 1.82) is 0 Å². The minimum atomic E-state index is 0.473. The van der Waals surface area contributed by atoms with E-state index in [4.69, 9.17) is 9.47 Å². The van der Waals surface area contributed by atoms with Gasteiger partial charge in [-0.15, -0.1) is 5.10 Å². The smallest absolute Gasteiger partial charge is 0.247 e. The maximum absolute atomic E-state index is 6.08. The summed E-state index contributed by atoms with van der Waals surface area (Å²) in [6, 6.07) is 17.1. The lowest BCUT2D eigenvalue weighted by Crippen LogP contribution is -2.03. The molecule has 6 nitrogen and oxygen atoms in total. The lowest BCUT2D eigenvalue weighted by Gasteiger charge is -2.10. The van der Waals surface area contributed by atoms with Crippen molar-refractivity contribution in [1.82, 2.24) is 19.6 Å². The van der Waals surface area contributed by atoms with E-state index in [-0.39, 0.29) is 0 Å². The molecule has 4 aromatic rings. The molecule has 0 aliphatic rings. The monoisotopic (exact) mass is 346 g/mol. The summed E-state index contributed by atoms with van der Waals surface area (Å²) in [5.74, 6) is 2.22. The maximum Gasteiger partial charge on any atom is 0.247 e. The largest absolute Gasteiger partial charge is 0.481 e. The summed E-state index contributed by atoms with van der Waals surface area (Å²) in [5.41, 5.74) is 2.61. The fourth-order valence-corrected chi connectivity index (χ4v) is 2.77. The van der Waals surface area contributed by atoms with Crippen molar-refractivity contribution in [3.8, 4) is 29.0 Å². The Morgan fingerprint density at radius 1 is 0.962 bits per heavy atom. The molecule has 0 saturated carbocycles. The minimum absolute atomic E-state index is 0.473. The molecule has 0 unspecified atom stereocenters. The van der Waals surface area contributed by atoms with E-state index in [0.29, 0.717) is 23.3 Å². The lowest BCUT2D eigenvalue weighted by molar-refractivity contribution is 0.398. The summed E-state index contributed by atoms with van der Waals surface area (Å²) >= 11 is 0. The van der Waals surface area contributed by atoms with Gasteiger partial charge in [0.2, 0.25) is 17.6 Å². The predicted octanol–water partition coefficient (Wildman–Crippen LogP) is 4.15. The van der Waals surface area contributed by atoms with Gasteiger partial charge in [-0.05, 0) is 36.2 Å². The number of aryl methyl sites for hydroxylation is 1. The molecule has 1 aromatic carbocycles. The van der Waals surface area contributed by atoms with Crippen LogP contribution in [0.5, 0.6) is 17.5 Å². The van der Waals surface area contributed by atoms with Crippen molar-refractivity contribution < 1.29 is 9.47 Å². The van der Waals surface area contributed by atoms with Gasteiger partial charge in [-0.25, -0.2) is 9.50 Å². The second-order valence-electron chi connectivity index (χ2n) is 5.71. The highest BCUT2D eigenvalue weighted by molar-refractivity contribution is 5.66. The number of hydrogen-bond acceptors (Lipinski definition) is 5. The van der Waals surface area contributed by atoms with Crippen LogP contribution in [0, 0.1) is 0 Å². The summed E-state index contributed by atoms with van der Waals surface area (Å²) in [6.07, 6.45) is 2.78. The van der Waals surface area contributed by atoms with E-state index in [1.807, 2.05) is 54.7 Å². The number of fused-ring (bicyclic) bond motifs is 1. The van der Waals surface area contributed by atoms with Crippen LogP contribution in [0.15, 0.2) is 60.8 Å². The molecule has 130 valence electrons. The first-order valence-electron chi connectivity index (χ1n) is 8.41. The Labute approximate surface area is 151 Å². The number of para-hydroxylation sites is 1. The van der Waals surface area contributed by atoms with E-state index >= 15 is 0 Å². The molecule has 0 bridgehead atoms. The molecule has 3 aromatic heterocycles. The zero-order valence-corrected chi connectivity index (χ0v) is 14.6. The van der Waals surface area contributed by atoms with Crippen LogP contribution in [-0.2, 0) is 6.42 Å². The van der Waals surface area contributed by atoms with Gasteiger partial charge < -0.3 is 9.47 Å². The standard InChI is InChI=1S/C20H18N4O2/c1-3-14-12-13-24-18(14)20(26-15-8-5-4-6-9-15)22-19(23-24)16-10-7-11-17(21-16)25-2/h4-13H,3H2,1-2H3. The first kappa shape index (κ1) is 16.1. The van der Waals surface area contributed by atoms with Crippen LogP contribution in [-0.4, -0.2) is 26.7 Å². The molecule has 0 radical (unpaired) electrons. The second kappa shape index (κ2) is 6.84. The molecule has 0 spiro atoms. The second-order valence-corrected chi connectivity index (χ2v) is 5.71. The van der Waals surface area contributed by atoms with E-state index in [2.05, 4.69) is 22.0 Å². The topological polar surface area (TPSA) is 61.5 Å². The highest BCUT2D eigenvalue weighted by Gasteiger charge is 2.16. The lowest BCUT2D eigenvalue weighted by atomic mass is 10.2. The highest BCUT2D eigenvalue weighted by Crippen LogP contribution is 2.29. The van der Waals surface area contributed by atoms with Gasteiger partial charge in [-0.3, -0.25) is 0 Å². The molecule has 0 aliphatic heterocycles. The molecule has 26 heavy (non-hydrogen) atoms. The van der Waals surface area contributed by atoms with Crippen molar-refractivity contribution in [2.24, 2.45) is 0 Å². The number of methoxy groups -OCH3 is 1. The van der Waals surface area contributed by atoms with Crippen molar-refractivity contribution in [3.63, 3.8) is 0 Å². The average Bonchev–Trinajstić information content (AvgIpc) is 3.12. The van der Waals surface area contributed by atoms with Gasteiger partial charge in [0.05, 0.1) is 7.11 Å². The quantitative estimate of drug-likeness (QED) is 0.543. The first-order chi connectivity index (χ1) is 12.8. The van der Waals surface area contributed by atoms with Gasteiger partial charge in [-0.2, -0.15) is 4.98 Å². The number of benzene rings is 1. The van der Waals surface area contributed by atoms with E-state index in [0.717, 1.165) is 23.3 Å². The Kier molecular flexibility index (Phi) is 4.23. The number of pyridine rings is 1. The van der Waals surface area contributed by atoms with Crippen LogP contribution in [0.2, 0.25) is 0 Å². The molecular formula is C20H18N4O2. The summed E-state index contributed by atoms with van der Waals surface area (Å²) in [7, 11) is 1.58. The van der Waals surface area contributed by atoms with Crippen LogP contribution < -0.4 is 9.47 Å². The van der Waals surface area contributed by atoms with Crippen LogP contribution in [0.4, 0.5) is 0 Å². The average molecular weight is 346 g/mol. The number of rotatable bonds is 5. The third kappa shape index (κ3) is 2.97. The van der Waals surface area contributed by atoms with Gasteiger partial charge >= 0.3 is 0 Å². The summed E-state index contributed by atoms with van der Waals surface area (Å²) in [6.45, 7) is 2.10. The van der Waals surface area contributed by atoms with Crippen molar-refractivity contribution in [2.45, 2.75) is 13.3 Å². The molecule has 0 N–H and O–H groups in total. The molecular weight excluding hydrogens is 328 g/mol. The normalized spacial score (nSPS) is 10.8. The third-order valence-corrected chi connectivity index (χ3v) is 4.06. The van der Waals surface area contributed by atoms with E-state index in [9.17, 15) is 0 Å². The minimum Gasteiger partial charge on any atom is -0.481 e. The molecule has 3 heterocycles. The number of hydrogen-bond donors (Lipinski definition) is 0. The van der Waals surface area contributed by atoms with Gasteiger partial charge in [0.15, 0.2) is 0 Å². The molecule has 6 heteroatoms. The Hall–Kier alpha value is -3.41. The molecule has 4 rings (SSSR count). The Morgan fingerprint density at radius 2 is 1.81 bits per heavy atom. The predicted molar refractivity (Wildman–Crippen MR) is 98.7 cm³/mol. The summed E-state index contributed by atoms with van der Waals surface area (Å²) < 4.78 is 13.1. The Bertz CT molecular complexity index is 1040. The van der Waals surface area contributed by atoms with Crippen LogP contribution >= 0.6 is 0 Å². The fourth-order valence-electron chi connectivity index (χ4n) is 2.77. The number of aromatic nitrogens is 4. The van der Waals surface area contributed by atoms with Gasteiger partial charge in [0, 0.05) is 12.3 Å². The van der Waals surface area contributed by atoms with E-state index < -0.39 is 0 Å². The number of ether oxygens (including phenoxy) is 2. The third-order valence-electron chi connectivity index (χ3n) is 4.06. The molecule has 0 aliphatic carbocycles. The summed E-state index contributed by atoms with van der Waals surface area (Å²) in [4.78, 5) is 9.08. The fraction of sp³-hybridized carbons (Fsp3) is 0.150. The van der Waals surface area contributed by atoms with Crippen molar-refractivity contribution >= 4 is 5.52 Å². The van der Waals surface area contributed by atoms with Gasteiger partial charge in [-0.1, -0.05) is 31.2 Å². The molecule has 0 atom stereocenters. The van der Waals surface area contributed by atoms with Crippen molar-refractivity contribution in [2.75, 3.05) is 7.11 Å². The van der Waals surface area contributed by atoms with Crippen LogP contribution in [0.25, 0.3) is 17.0 Å². The summed E-state index contributed by atoms with van der Waals surface area (Å²) in [5, 5.41) is 4.60. The Morgan fingerprint density at radius 3 is 2.58 bits per heavy atom. The van der Waals surface area contributed by atoms with Gasteiger partial charge in [0.1, 0.15) is 17.0 Å². The molecule has 0 fully saturated rings. The van der Waals surface area contributed by atoms with Crippen LogP contribution in [0.3, 0.4) is 0 Å². The molecule has 0 amide bonds. The number of nitrogens with zero attached hydrogens (tertiary/aromatic N) is 4. The Balaban J connectivity index is 1.87.